The highest BCUT2D eigenvalue weighted by molar-refractivity contribution is 4.28. The molecule has 0 atom stereocenters. The van der Waals surface area contributed by atoms with Gasteiger partial charge in [-0.15, -0.1) is 0 Å². The monoisotopic (exact) mass is 161 g/mol. The second-order valence-corrected chi connectivity index (χ2v) is 2.25. The van der Waals surface area contributed by atoms with E-state index in [-0.39, 0.29) is 0 Å². The second-order valence-electron chi connectivity index (χ2n) is 2.25. The lowest BCUT2D eigenvalue weighted by atomic mass is 10.4. The predicted octanol–water partition coefficient (Wildman–Crippen LogP) is 1.99. The van der Waals surface area contributed by atoms with E-state index in [1.165, 1.54) is 5.23 Å². The van der Waals surface area contributed by atoms with Gasteiger partial charge in [-0.2, -0.15) is 0 Å². The molecular formula is C8H19NO2. The third-order valence-electron chi connectivity index (χ3n) is 1.26. The number of rotatable bonds is 7. The van der Waals surface area contributed by atoms with Crippen LogP contribution in [-0.2, 0) is 9.68 Å². The fraction of sp³-hybridized carbons (Fsp3) is 1.00. The average Bonchev–Trinajstić information content (AvgIpc) is 2.03. The number of hydrogen-bond acceptors (Lipinski definition) is 3. The molecule has 0 N–H and O–H groups in total. The predicted molar refractivity (Wildman–Crippen MR) is 44.9 cm³/mol. The summed E-state index contributed by atoms with van der Waals surface area (Å²) >= 11 is 0. The van der Waals surface area contributed by atoms with Gasteiger partial charge in [-0.1, -0.05) is 18.6 Å². The summed E-state index contributed by atoms with van der Waals surface area (Å²) < 4.78 is 0. The zero-order valence-corrected chi connectivity index (χ0v) is 7.80. The first kappa shape index (κ1) is 10.9. The Hall–Kier alpha value is -0.120. The van der Waals surface area contributed by atoms with E-state index in [1.807, 2.05) is 13.8 Å². The standard InChI is InChI=1S/C8H19NO2/c1-4-7-8-11-9(5-2)10-6-3/h4-8H2,1-3H3. The normalized spacial score (nSPS) is 10.9. The van der Waals surface area contributed by atoms with Crippen molar-refractivity contribution in [2.75, 3.05) is 19.8 Å². The van der Waals surface area contributed by atoms with Crippen LogP contribution in [0.25, 0.3) is 0 Å². The highest BCUT2D eigenvalue weighted by atomic mass is 16.9. The molecule has 0 aliphatic rings. The molecule has 0 aliphatic heterocycles. The van der Waals surface area contributed by atoms with Crippen molar-refractivity contribution >= 4 is 0 Å². The summed E-state index contributed by atoms with van der Waals surface area (Å²) in [4.78, 5) is 10.4. The first-order chi connectivity index (χ1) is 5.35. The minimum absolute atomic E-state index is 0.667. The molecule has 0 aromatic carbocycles. The first-order valence-corrected chi connectivity index (χ1v) is 4.38. The van der Waals surface area contributed by atoms with Crippen LogP contribution in [-0.4, -0.2) is 25.0 Å². The molecule has 0 amide bonds. The average molecular weight is 161 g/mol. The summed E-state index contributed by atoms with van der Waals surface area (Å²) in [6, 6.07) is 0. The third-order valence-corrected chi connectivity index (χ3v) is 1.26. The van der Waals surface area contributed by atoms with Gasteiger partial charge in [0.1, 0.15) is 0 Å². The van der Waals surface area contributed by atoms with Crippen molar-refractivity contribution in [3.05, 3.63) is 0 Å². The molecule has 0 saturated heterocycles. The fourth-order valence-electron chi connectivity index (χ4n) is 0.675. The van der Waals surface area contributed by atoms with Crippen molar-refractivity contribution in [2.24, 2.45) is 0 Å². The summed E-state index contributed by atoms with van der Waals surface area (Å²) in [7, 11) is 0. The topological polar surface area (TPSA) is 21.7 Å². The summed E-state index contributed by atoms with van der Waals surface area (Å²) in [6.45, 7) is 8.29. The van der Waals surface area contributed by atoms with Crippen LogP contribution in [0, 0.1) is 0 Å². The molecular weight excluding hydrogens is 142 g/mol. The molecule has 0 fully saturated rings. The van der Waals surface area contributed by atoms with Crippen LogP contribution in [0.5, 0.6) is 0 Å². The molecule has 3 heteroatoms. The van der Waals surface area contributed by atoms with Crippen LogP contribution in [0.2, 0.25) is 0 Å². The van der Waals surface area contributed by atoms with Gasteiger partial charge in [0, 0.05) is 6.54 Å². The number of hydrogen-bond donors (Lipinski definition) is 0. The Morgan fingerprint density at radius 2 is 1.82 bits per heavy atom. The van der Waals surface area contributed by atoms with Crippen molar-refractivity contribution in [1.82, 2.24) is 5.23 Å². The number of hydroxylamine groups is 2. The molecule has 0 radical (unpaired) electrons. The van der Waals surface area contributed by atoms with Crippen molar-refractivity contribution in [2.45, 2.75) is 33.6 Å². The molecule has 0 spiro atoms. The Labute approximate surface area is 69.2 Å². The number of nitrogens with zero attached hydrogens (tertiary/aromatic N) is 1. The summed E-state index contributed by atoms with van der Waals surface area (Å²) in [5.74, 6) is 0. The fourth-order valence-corrected chi connectivity index (χ4v) is 0.675. The molecule has 68 valence electrons. The zero-order chi connectivity index (χ0) is 8.53. The van der Waals surface area contributed by atoms with Crippen molar-refractivity contribution in [3.63, 3.8) is 0 Å². The summed E-state index contributed by atoms with van der Waals surface area (Å²) in [5, 5.41) is 1.54. The lowest BCUT2D eigenvalue weighted by molar-refractivity contribution is -0.364. The maximum absolute atomic E-state index is 5.28. The lowest BCUT2D eigenvalue weighted by Crippen LogP contribution is -2.24. The molecule has 0 rings (SSSR count). The molecule has 0 heterocycles. The molecule has 0 aliphatic carbocycles. The Kier molecular flexibility index (Phi) is 7.89. The van der Waals surface area contributed by atoms with Gasteiger partial charge < -0.3 is 0 Å². The lowest BCUT2D eigenvalue weighted by Gasteiger charge is -2.17. The Morgan fingerprint density at radius 3 is 2.27 bits per heavy atom. The van der Waals surface area contributed by atoms with Crippen LogP contribution >= 0.6 is 0 Å². The molecule has 11 heavy (non-hydrogen) atoms. The van der Waals surface area contributed by atoms with Gasteiger partial charge in [0.05, 0.1) is 13.2 Å². The van der Waals surface area contributed by atoms with Gasteiger partial charge in [0.2, 0.25) is 0 Å². The Balaban J connectivity index is 3.20. The van der Waals surface area contributed by atoms with E-state index in [9.17, 15) is 0 Å². The van der Waals surface area contributed by atoms with Gasteiger partial charge in [-0.25, -0.2) is 0 Å². The molecule has 0 saturated carbocycles. The van der Waals surface area contributed by atoms with Gasteiger partial charge >= 0.3 is 0 Å². The zero-order valence-electron chi connectivity index (χ0n) is 7.80. The highest BCUT2D eigenvalue weighted by Crippen LogP contribution is 1.94. The van der Waals surface area contributed by atoms with E-state index < -0.39 is 0 Å². The SMILES string of the molecule is CCCCON(CC)OCC. The van der Waals surface area contributed by atoms with Crippen LogP contribution in [0.3, 0.4) is 0 Å². The molecule has 0 aromatic heterocycles. The quantitative estimate of drug-likeness (QED) is 0.421. The maximum atomic E-state index is 5.28. The van der Waals surface area contributed by atoms with Crippen molar-refractivity contribution < 1.29 is 9.68 Å². The van der Waals surface area contributed by atoms with Gasteiger partial charge in [0.25, 0.3) is 0 Å². The first-order valence-electron chi connectivity index (χ1n) is 4.38. The van der Waals surface area contributed by atoms with E-state index in [4.69, 9.17) is 9.68 Å². The van der Waals surface area contributed by atoms with E-state index in [0.717, 1.165) is 26.0 Å². The highest BCUT2D eigenvalue weighted by Gasteiger charge is 1.99. The van der Waals surface area contributed by atoms with Gasteiger partial charge in [-0.3, -0.25) is 9.68 Å². The van der Waals surface area contributed by atoms with Gasteiger partial charge in [0.15, 0.2) is 0 Å². The van der Waals surface area contributed by atoms with Crippen molar-refractivity contribution in [3.8, 4) is 0 Å². The molecule has 0 unspecified atom stereocenters. The third kappa shape index (κ3) is 6.28. The Bertz CT molecular complexity index is 78.5. The second kappa shape index (κ2) is 7.98. The molecule has 3 nitrogen and oxygen atoms in total. The van der Waals surface area contributed by atoms with Crippen LogP contribution in [0.15, 0.2) is 0 Å². The van der Waals surface area contributed by atoms with E-state index in [1.54, 1.807) is 0 Å². The smallest absolute Gasteiger partial charge is 0.0711 e. The van der Waals surface area contributed by atoms with E-state index in [0.29, 0.717) is 6.61 Å². The summed E-state index contributed by atoms with van der Waals surface area (Å²) in [5.41, 5.74) is 0. The van der Waals surface area contributed by atoms with E-state index in [2.05, 4.69) is 6.92 Å². The minimum Gasteiger partial charge on any atom is -0.274 e. The van der Waals surface area contributed by atoms with Crippen LogP contribution in [0.1, 0.15) is 33.6 Å². The Morgan fingerprint density at radius 1 is 1.09 bits per heavy atom. The van der Waals surface area contributed by atoms with E-state index >= 15 is 0 Å². The largest absolute Gasteiger partial charge is 0.274 e. The number of unbranched alkanes of at least 4 members (excludes halogenated alkanes) is 1. The van der Waals surface area contributed by atoms with Crippen LogP contribution in [0.4, 0.5) is 0 Å². The molecule has 0 aromatic rings. The van der Waals surface area contributed by atoms with Crippen molar-refractivity contribution in [1.29, 1.82) is 0 Å². The molecule has 0 bridgehead atoms. The van der Waals surface area contributed by atoms with Crippen LogP contribution < -0.4 is 0 Å². The summed E-state index contributed by atoms with van der Waals surface area (Å²) in [6.07, 6.45) is 2.24. The van der Waals surface area contributed by atoms with Gasteiger partial charge in [-0.05, 0) is 20.3 Å². The maximum Gasteiger partial charge on any atom is 0.0711 e. The minimum atomic E-state index is 0.667.